The molecular weight excluding hydrogens is 360 g/mol. The van der Waals surface area contributed by atoms with Gasteiger partial charge in [0, 0.05) is 5.69 Å². The molecule has 1 N–H and O–H groups in total. The van der Waals surface area contributed by atoms with Crippen molar-refractivity contribution in [1.82, 2.24) is 0 Å². The fraction of sp³-hybridized carbons (Fsp3) is 0.120. The minimum atomic E-state index is -0.344. The van der Waals surface area contributed by atoms with Crippen molar-refractivity contribution in [1.29, 1.82) is 0 Å². The molecule has 0 atom stereocenters. The summed E-state index contributed by atoms with van der Waals surface area (Å²) < 4.78 is 0. The molecule has 1 aliphatic heterocycles. The van der Waals surface area contributed by atoms with Crippen LogP contribution in [-0.2, 0) is 9.59 Å². The number of amides is 2. The Morgan fingerprint density at radius 2 is 1.41 bits per heavy atom. The summed E-state index contributed by atoms with van der Waals surface area (Å²) in [4.78, 5) is 28.1. The van der Waals surface area contributed by atoms with Crippen molar-refractivity contribution in [2.45, 2.75) is 20.8 Å². The van der Waals surface area contributed by atoms with Gasteiger partial charge in [-0.25, -0.2) is 4.90 Å². The third-order valence-corrected chi connectivity index (χ3v) is 5.14. The monoisotopic (exact) mass is 382 g/mol. The lowest BCUT2D eigenvalue weighted by Crippen LogP contribution is -2.33. The van der Waals surface area contributed by atoms with Gasteiger partial charge in [-0.3, -0.25) is 9.59 Å². The first-order valence-electron chi connectivity index (χ1n) is 9.56. The van der Waals surface area contributed by atoms with Crippen molar-refractivity contribution in [3.8, 4) is 0 Å². The van der Waals surface area contributed by atoms with E-state index in [2.05, 4.69) is 5.32 Å². The van der Waals surface area contributed by atoms with Gasteiger partial charge in [0.2, 0.25) is 0 Å². The predicted octanol–water partition coefficient (Wildman–Crippen LogP) is 5.01. The summed E-state index contributed by atoms with van der Waals surface area (Å²) in [5.41, 5.74) is 5.85. The number of para-hydroxylation sites is 1. The molecule has 1 heterocycles. The number of anilines is 2. The van der Waals surface area contributed by atoms with Gasteiger partial charge in [-0.1, -0.05) is 66.2 Å². The third-order valence-electron chi connectivity index (χ3n) is 5.14. The smallest absolute Gasteiger partial charge is 0.282 e. The first-order valence-corrected chi connectivity index (χ1v) is 9.56. The Kier molecular flexibility index (Phi) is 4.77. The highest BCUT2D eigenvalue weighted by Gasteiger charge is 2.40. The van der Waals surface area contributed by atoms with Crippen LogP contribution in [0, 0.1) is 20.8 Å². The molecule has 29 heavy (non-hydrogen) atoms. The number of hydrogen-bond donors (Lipinski definition) is 1. The molecule has 0 aliphatic carbocycles. The molecule has 0 bridgehead atoms. The minimum Gasteiger partial charge on any atom is -0.350 e. The van der Waals surface area contributed by atoms with E-state index in [0.29, 0.717) is 22.5 Å². The Bertz CT molecular complexity index is 1150. The summed E-state index contributed by atoms with van der Waals surface area (Å²) in [5.74, 6) is -0.661. The molecule has 0 saturated heterocycles. The van der Waals surface area contributed by atoms with E-state index in [9.17, 15) is 9.59 Å². The van der Waals surface area contributed by atoms with Gasteiger partial charge in [-0.2, -0.15) is 0 Å². The maximum atomic E-state index is 13.4. The van der Waals surface area contributed by atoms with E-state index in [1.54, 1.807) is 6.07 Å². The van der Waals surface area contributed by atoms with Gasteiger partial charge < -0.3 is 5.32 Å². The summed E-state index contributed by atoms with van der Waals surface area (Å²) in [6, 6.07) is 22.7. The van der Waals surface area contributed by atoms with Gasteiger partial charge in [0.25, 0.3) is 11.8 Å². The van der Waals surface area contributed by atoms with Crippen LogP contribution >= 0.6 is 0 Å². The van der Waals surface area contributed by atoms with E-state index in [4.69, 9.17) is 0 Å². The van der Waals surface area contributed by atoms with Gasteiger partial charge >= 0.3 is 0 Å². The molecule has 144 valence electrons. The van der Waals surface area contributed by atoms with Crippen molar-refractivity contribution in [3.05, 3.63) is 101 Å². The van der Waals surface area contributed by atoms with E-state index in [1.807, 2.05) is 87.5 Å². The van der Waals surface area contributed by atoms with Crippen LogP contribution in [0.5, 0.6) is 0 Å². The number of aryl methyl sites for hydroxylation is 3. The molecule has 3 aromatic carbocycles. The lowest BCUT2D eigenvalue weighted by Gasteiger charge is -2.18. The second kappa shape index (κ2) is 7.40. The van der Waals surface area contributed by atoms with Crippen LogP contribution in [0.1, 0.15) is 22.3 Å². The van der Waals surface area contributed by atoms with E-state index < -0.39 is 0 Å². The van der Waals surface area contributed by atoms with Crippen molar-refractivity contribution >= 4 is 28.8 Å². The van der Waals surface area contributed by atoms with Crippen LogP contribution in [0.25, 0.3) is 5.57 Å². The van der Waals surface area contributed by atoms with Gasteiger partial charge in [-0.15, -0.1) is 0 Å². The summed E-state index contributed by atoms with van der Waals surface area (Å²) in [6.07, 6.45) is 0. The highest BCUT2D eigenvalue weighted by atomic mass is 16.2. The quantitative estimate of drug-likeness (QED) is 0.646. The number of carbonyl (C=O) groups excluding carboxylic acids is 2. The summed E-state index contributed by atoms with van der Waals surface area (Å²) in [6.45, 7) is 5.90. The van der Waals surface area contributed by atoms with Crippen LogP contribution in [0.4, 0.5) is 11.4 Å². The molecule has 1 aliphatic rings. The van der Waals surface area contributed by atoms with Crippen molar-refractivity contribution < 1.29 is 9.59 Å². The van der Waals surface area contributed by atoms with E-state index in [1.165, 1.54) is 4.90 Å². The normalized spacial score (nSPS) is 14.0. The van der Waals surface area contributed by atoms with Crippen LogP contribution in [0.3, 0.4) is 0 Å². The number of nitrogens with one attached hydrogen (secondary N) is 1. The number of rotatable bonds is 4. The maximum absolute atomic E-state index is 13.4. The molecule has 0 radical (unpaired) electrons. The largest absolute Gasteiger partial charge is 0.350 e. The molecule has 0 aromatic heterocycles. The van der Waals surface area contributed by atoms with Crippen LogP contribution in [-0.4, -0.2) is 11.8 Å². The highest BCUT2D eigenvalue weighted by Crippen LogP contribution is 2.35. The topological polar surface area (TPSA) is 49.4 Å². The maximum Gasteiger partial charge on any atom is 0.282 e. The second-order valence-electron chi connectivity index (χ2n) is 7.29. The molecule has 0 spiro atoms. The molecule has 2 amide bonds. The second-order valence-corrected chi connectivity index (χ2v) is 7.29. The third kappa shape index (κ3) is 3.34. The van der Waals surface area contributed by atoms with Gasteiger partial charge in [0.15, 0.2) is 0 Å². The Morgan fingerprint density at radius 1 is 0.724 bits per heavy atom. The molecule has 4 nitrogen and oxygen atoms in total. The molecule has 0 saturated carbocycles. The summed E-state index contributed by atoms with van der Waals surface area (Å²) in [5, 5.41) is 3.25. The van der Waals surface area contributed by atoms with Crippen LogP contribution in [0.15, 0.2) is 78.5 Å². The van der Waals surface area contributed by atoms with E-state index >= 15 is 0 Å². The zero-order valence-electron chi connectivity index (χ0n) is 16.7. The molecule has 4 rings (SSSR count). The van der Waals surface area contributed by atoms with Crippen LogP contribution in [0.2, 0.25) is 0 Å². The van der Waals surface area contributed by atoms with Gasteiger partial charge in [0.1, 0.15) is 5.70 Å². The summed E-state index contributed by atoms with van der Waals surface area (Å²) in [7, 11) is 0. The fourth-order valence-corrected chi connectivity index (χ4v) is 3.64. The summed E-state index contributed by atoms with van der Waals surface area (Å²) >= 11 is 0. The Morgan fingerprint density at radius 3 is 2.10 bits per heavy atom. The lowest BCUT2D eigenvalue weighted by atomic mass is 10.0. The molecule has 0 fully saturated rings. The average Bonchev–Trinajstić information content (AvgIpc) is 2.95. The number of benzene rings is 3. The SMILES string of the molecule is Cc1ccc(NC2=C(c3ccccc3)C(=O)N(c3ccccc3C)C2=O)c(C)c1. The molecule has 3 aromatic rings. The first-order chi connectivity index (χ1) is 14.0. The zero-order valence-corrected chi connectivity index (χ0v) is 16.7. The Balaban J connectivity index is 1.85. The van der Waals surface area contributed by atoms with E-state index in [0.717, 1.165) is 22.4 Å². The standard InChI is InChI=1S/C25H22N2O2/c1-16-13-14-20(18(3)15-16)26-23-22(19-10-5-4-6-11-19)24(28)27(25(23)29)21-12-8-7-9-17(21)2/h4-15,26H,1-3H3. The lowest BCUT2D eigenvalue weighted by molar-refractivity contribution is -0.120. The van der Waals surface area contributed by atoms with Gasteiger partial charge in [0.05, 0.1) is 11.3 Å². The van der Waals surface area contributed by atoms with E-state index in [-0.39, 0.29) is 11.8 Å². The van der Waals surface area contributed by atoms with Gasteiger partial charge in [-0.05, 0) is 49.6 Å². The average molecular weight is 382 g/mol. The molecule has 0 unspecified atom stereocenters. The Labute approximate surface area is 170 Å². The number of imide groups is 1. The van der Waals surface area contributed by atoms with Crippen molar-refractivity contribution in [2.24, 2.45) is 0 Å². The predicted molar refractivity (Wildman–Crippen MR) is 117 cm³/mol. The zero-order chi connectivity index (χ0) is 20.5. The first kappa shape index (κ1) is 18.7. The Hall–Kier alpha value is -3.66. The number of carbonyl (C=O) groups is 2. The molecular formula is C25H22N2O2. The minimum absolute atomic E-state index is 0.302. The number of hydrogen-bond acceptors (Lipinski definition) is 3. The fourth-order valence-electron chi connectivity index (χ4n) is 3.64. The number of nitrogens with zero attached hydrogens (tertiary/aromatic N) is 1. The van der Waals surface area contributed by atoms with Crippen molar-refractivity contribution in [3.63, 3.8) is 0 Å². The van der Waals surface area contributed by atoms with Crippen molar-refractivity contribution in [2.75, 3.05) is 10.2 Å². The molecule has 4 heteroatoms. The van der Waals surface area contributed by atoms with Crippen LogP contribution < -0.4 is 10.2 Å². The highest BCUT2D eigenvalue weighted by molar-refractivity contribution is 6.46.